The van der Waals surface area contributed by atoms with Crippen LogP contribution in [-0.4, -0.2) is 16.3 Å². The van der Waals surface area contributed by atoms with E-state index in [0.29, 0.717) is 0 Å². The summed E-state index contributed by atoms with van der Waals surface area (Å²) in [5, 5.41) is 11.1. The third-order valence-electron chi connectivity index (χ3n) is 2.56. The van der Waals surface area contributed by atoms with E-state index in [-0.39, 0.29) is 11.7 Å². The van der Waals surface area contributed by atoms with Gasteiger partial charge in [-0.25, -0.2) is 9.59 Å². The molecule has 6 nitrogen and oxygen atoms in total. The van der Waals surface area contributed by atoms with Crippen LogP contribution in [0.2, 0.25) is 0 Å². The molecule has 1 saturated carbocycles. The van der Waals surface area contributed by atoms with Crippen molar-refractivity contribution in [2.24, 2.45) is 0 Å². The lowest BCUT2D eigenvalue weighted by Gasteiger charge is -1.97. The SMILES string of the molecule is O=C(O)c1c(=O)o[nH][n+]1C1CCCC1. The van der Waals surface area contributed by atoms with Crippen molar-refractivity contribution < 1.29 is 19.1 Å². The Kier molecular flexibility index (Phi) is 2.11. The van der Waals surface area contributed by atoms with E-state index in [1.165, 1.54) is 4.68 Å². The van der Waals surface area contributed by atoms with Gasteiger partial charge in [0.15, 0.2) is 6.04 Å². The third kappa shape index (κ3) is 1.32. The van der Waals surface area contributed by atoms with Gasteiger partial charge < -0.3 is 5.11 Å². The first-order chi connectivity index (χ1) is 6.70. The minimum absolute atomic E-state index is 0.0625. The molecule has 1 fully saturated rings. The number of hydrogen-bond donors (Lipinski definition) is 2. The molecule has 1 aliphatic carbocycles. The second kappa shape index (κ2) is 3.28. The Morgan fingerprint density at radius 2 is 2.14 bits per heavy atom. The Morgan fingerprint density at radius 3 is 2.71 bits per heavy atom. The Balaban J connectivity index is 2.42. The van der Waals surface area contributed by atoms with E-state index < -0.39 is 11.6 Å². The van der Waals surface area contributed by atoms with Gasteiger partial charge in [0.2, 0.25) is 0 Å². The Hall–Kier alpha value is -1.59. The van der Waals surface area contributed by atoms with Crippen LogP contribution in [0.3, 0.4) is 0 Å². The van der Waals surface area contributed by atoms with Gasteiger partial charge in [0.25, 0.3) is 0 Å². The van der Waals surface area contributed by atoms with Crippen molar-refractivity contribution in [3.8, 4) is 0 Å². The highest BCUT2D eigenvalue weighted by Crippen LogP contribution is 2.24. The molecule has 76 valence electrons. The zero-order valence-electron chi connectivity index (χ0n) is 7.52. The first-order valence-electron chi connectivity index (χ1n) is 4.56. The van der Waals surface area contributed by atoms with Crippen LogP contribution >= 0.6 is 0 Å². The van der Waals surface area contributed by atoms with Crippen LogP contribution in [0, 0.1) is 0 Å². The first-order valence-corrected chi connectivity index (χ1v) is 4.56. The number of aromatic nitrogens is 2. The van der Waals surface area contributed by atoms with Gasteiger partial charge in [0, 0.05) is 12.8 Å². The maximum absolute atomic E-state index is 11.0. The Bertz CT molecular complexity index is 400. The molecule has 0 amide bonds. The maximum atomic E-state index is 11.0. The molecule has 2 rings (SSSR count). The minimum atomic E-state index is -1.24. The molecule has 2 N–H and O–H groups in total. The van der Waals surface area contributed by atoms with Crippen molar-refractivity contribution in [1.82, 2.24) is 5.27 Å². The fourth-order valence-corrected chi connectivity index (χ4v) is 1.89. The van der Waals surface area contributed by atoms with E-state index in [2.05, 4.69) is 9.79 Å². The molecule has 0 saturated heterocycles. The van der Waals surface area contributed by atoms with E-state index >= 15 is 0 Å². The van der Waals surface area contributed by atoms with Gasteiger partial charge in [-0.3, -0.25) is 4.52 Å². The maximum Gasteiger partial charge on any atom is 0.442 e. The minimum Gasteiger partial charge on any atom is -0.473 e. The van der Waals surface area contributed by atoms with Crippen molar-refractivity contribution in [3.05, 3.63) is 16.1 Å². The van der Waals surface area contributed by atoms with Crippen LogP contribution in [-0.2, 0) is 0 Å². The quantitative estimate of drug-likeness (QED) is 0.660. The summed E-state index contributed by atoms with van der Waals surface area (Å²) in [6, 6.07) is 0.0625. The lowest BCUT2D eigenvalue weighted by molar-refractivity contribution is -0.785. The van der Waals surface area contributed by atoms with Crippen LogP contribution in [0.15, 0.2) is 9.32 Å². The van der Waals surface area contributed by atoms with Crippen molar-refractivity contribution in [2.45, 2.75) is 31.7 Å². The highest BCUT2D eigenvalue weighted by Gasteiger charge is 2.36. The molecule has 1 heterocycles. The molecular formula is C8H11N2O4+. The molecule has 0 unspecified atom stereocenters. The summed E-state index contributed by atoms with van der Waals surface area (Å²) in [6.45, 7) is 0. The number of hydrogen-bond acceptors (Lipinski definition) is 3. The molecular weight excluding hydrogens is 188 g/mol. The predicted octanol–water partition coefficient (Wildman–Crippen LogP) is 0.0687. The first kappa shape index (κ1) is 8.98. The number of carboxylic acids is 1. The van der Waals surface area contributed by atoms with Gasteiger partial charge in [-0.05, 0) is 18.1 Å². The van der Waals surface area contributed by atoms with Gasteiger partial charge in [-0.1, -0.05) is 4.68 Å². The smallest absolute Gasteiger partial charge is 0.442 e. The van der Waals surface area contributed by atoms with Gasteiger partial charge in [0.05, 0.1) is 0 Å². The lowest BCUT2D eigenvalue weighted by Crippen LogP contribution is -2.46. The number of nitrogens with one attached hydrogen (secondary N) is 1. The van der Waals surface area contributed by atoms with Gasteiger partial charge in [0.1, 0.15) is 0 Å². The molecule has 0 aliphatic heterocycles. The second-order valence-corrected chi connectivity index (χ2v) is 3.44. The number of nitrogens with zero attached hydrogens (tertiary/aromatic N) is 1. The van der Waals surface area contributed by atoms with Crippen LogP contribution in [0.4, 0.5) is 0 Å². The highest BCUT2D eigenvalue weighted by atomic mass is 16.5. The van der Waals surface area contributed by atoms with Crippen molar-refractivity contribution >= 4 is 5.97 Å². The number of carboxylic acid groups (broad SMARTS) is 1. The van der Waals surface area contributed by atoms with Crippen molar-refractivity contribution in [2.75, 3.05) is 0 Å². The normalized spacial score (nSPS) is 17.4. The summed E-state index contributed by atoms with van der Waals surface area (Å²) in [6.07, 6.45) is 3.90. The highest BCUT2D eigenvalue weighted by molar-refractivity contribution is 5.82. The Labute approximate surface area is 79.1 Å². The molecule has 1 aromatic rings. The van der Waals surface area contributed by atoms with E-state index in [0.717, 1.165) is 25.7 Å². The average Bonchev–Trinajstić information content (AvgIpc) is 2.70. The number of carbonyl (C=O) groups is 1. The molecule has 0 bridgehead atoms. The number of rotatable bonds is 2. The molecule has 0 radical (unpaired) electrons. The van der Waals surface area contributed by atoms with E-state index in [9.17, 15) is 9.59 Å². The summed E-state index contributed by atoms with van der Waals surface area (Å²) in [5.41, 5.74) is -1.12. The second-order valence-electron chi connectivity index (χ2n) is 3.44. The zero-order valence-corrected chi connectivity index (χ0v) is 7.52. The molecule has 0 atom stereocenters. The average molecular weight is 199 g/mol. The van der Waals surface area contributed by atoms with Crippen LogP contribution in [0.5, 0.6) is 0 Å². The molecule has 1 aromatic heterocycles. The van der Waals surface area contributed by atoms with Crippen LogP contribution < -0.4 is 10.3 Å². The fraction of sp³-hybridized carbons (Fsp3) is 0.625. The molecule has 0 spiro atoms. The summed E-state index contributed by atoms with van der Waals surface area (Å²) in [4.78, 5) is 21.8. The zero-order chi connectivity index (χ0) is 10.1. The van der Waals surface area contributed by atoms with Crippen LogP contribution in [0.1, 0.15) is 42.2 Å². The standard InChI is InChI=1S/C8H10N2O4/c11-7(12)6-8(13)14-9-10(6)5-3-1-2-4-5/h5H,1-4H2,(H-,9,11,12,13)/p+1. The predicted molar refractivity (Wildman–Crippen MR) is 44.0 cm³/mol. The number of H-pyrrole nitrogens is 1. The molecule has 14 heavy (non-hydrogen) atoms. The summed E-state index contributed by atoms with van der Waals surface area (Å²) < 4.78 is 5.80. The topological polar surface area (TPSA) is 87.2 Å². The van der Waals surface area contributed by atoms with Crippen molar-refractivity contribution in [3.63, 3.8) is 0 Å². The Morgan fingerprint density at radius 1 is 1.50 bits per heavy atom. The van der Waals surface area contributed by atoms with Crippen molar-refractivity contribution in [1.29, 1.82) is 0 Å². The summed E-state index contributed by atoms with van der Waals surface area (Å²) in [5.74, 6) is -1.24. The van der Waals surface area contributed by atoms with Gasteiger partial charge >= 0.3 is 17.3 Å². The van der Waals surface area contributed by atoms with Crippen LogP contribution in [0.25, 0.3) is 0 Å². The van der Waals surface area contributed by atoms with E-state index in [1.54, 1.807) is 0 Å². The lowest BCUT2D eigenvalue weighted by atomic mass is 10.2. The van der Waals surface area contributed by atoms with Gasteiger partial charge in [-0.2, -0.15) is 0 Å². The molecule has 6 heteroatoms. The summed E-state index contributed by atoms with van der Waals surface area (Å²) >= 11 is 0. The largest absolute Gasteiger partial charge is 0.473 e. The van der Waals surface area contributed by atoms with E-state index in [4.69, 9.17) is 5.11 Å². The number of aromatic amines is 1. The molecule has 1 aliphatic rings. The monoisotopic (exact) mass is 199 g/mol. The number of aromatic carboxylic acids is 1. The van der Waals surface area contributed by atoms with Gasteiger partial charge in [-0.15, -0.1) is 0 Å². The summed E-state index contributed by atoms with van der Waals surface area (Å²) in [7, 11) is 0. The van der Waals surface area contributed by atoms with E-state index in [1.807, 2.05) is 0 Å². The third-order valence-corrected chi connectivity index (χ3v) is 2.56. The molecule has 0 aromatic carbocycles. The fourth-order valence-electron chi connectivity index (χ4n) is 1.89.